The van der Waals surface area contributed by atoms with Crippen LogP contribution in [0.4, 0.5) is 8.78 Å². The molecule has 1 aromatic rings. The van der Waals surface area contributed by atoms with Crippen LogP contribution in [0.5, 0.6) is 0 Å². The lowest BCUT2D eigenvalue weighted by Crippen LogP contribution is -2.36. The van der Waals surface area contributed by atoms with E-state index in [2.05, 4.69) is 10.6 Å². The molecule has 1 aliphatic carbocycles. The minimum Gasteiger partial charge on any atom is -0.355 e. The zero-order valence-corrected chi connectivity index (χ0v) is 13.5. The van der Waals surface area contributed by atoms with Crippen molar-refractivity contribution in [2.75, 3.05) is 13.1 Å². The number of hydrogen-bond donors (Lipinski definition) is 2. The molecule has 2 N–H and O–H groups in total. The molecule has 1 fully saturated rings. The van der Waals surface area contributed by atoms with E-state index < -0.39 is 11.6 Å². The number of rotatable bonds is 7. The molecule has 0 unspecified atom stereocenters. The third-order valence-corrected chi connectivity index (χ3v) is 4.39. The zero-order valence-electron chi connectivity index (χ0n) is 13.5. The molecule has 128 valence electrons. The summed E-state index contributed by atoms with van der Waals surface area (Å²) < 4.78 is 26.6. The van der Waals surface area contributed by atoms with Crippen molar-refractivity contribution < 1.29 is 13.6 Å². The lowest BCUT2D eigenvalue weighted by molar-refractivity contribution is -0.121. The van der Waals surface area contributed by atoms with Gasteiger partial charge in [-0.05, 0) is 30.9 Å². The SMILES string of the molecule is O=C(CCc1cccc(F)c1F)NCCNC1CCCCCC1. The normalized spacial score (nSPS) is 16.1. The smallest absolute Gasteiger partial charge is 0.220 e. The van der Waals surface area contributed by atoms with Crippen molar-refractivity contribution in [3.8, 4) is 0 Å². The lowest BCUT2D eigenvalue weighted by Gasteiger charge is -2.16. The number of amides is 1. The van der Waals surface area contributed by atoms with Crippen LogP contribution in [0.1, 0.15) is 50.5 Å². The van der Waals surface area contributed by atoms with Crippen molar-refractivity contribution in [1.29, 1.82) is 0 Å². The van der Waals surface area contributed by atoms with E-state index in [4.69, 9.17) is 0 Å². The fraction of sp³-hybridized carbons (Fsp3) is 0.611. The lowest BCUT2D eigenvalue weighted by atomic mass is 10.1. The Labute approximate surface area is 136 Å². The third kappa shape index (κ3) is 6.26. The predicted octanol–water partition coefficient (Wildman–Crippen LogP) is 3.33. The first-order valence-electron chi connectivity index (χ1n) is 8.60. The average Bonchev–Trinajstić information content (AvgIpc) is 2.82. The summed E-state index contributed by atoms with van der Waals surface area (Å²) in [6, 6.07) is 4.62. The monoisotopic (exact) mass is 324 g/mol. The molecule has 2 rings (SSSR count). The highest BCUT2D eigenvalue weighted by Crippen LogP contribution is 2.17. The Morgan fingerprint density at radius 3 is 2.57 bits per heavy atom. The van der Waals surface area contributed by atoms with Gasteiger partial charge in [0.1, 0.15) is 0 Å². The van der Waals surface area contributed by atoms with E-state index in [1.54, 1.807) is 0 Å². The molecule has 3 nitrogen and oxygen atoms in total. The van der Waals surface area contributed by atoms with Gasteiger partial charge in [-0.15, -0.1) is 0 Å². The van der Waals surface area contributed by atoms with Crippen molar-refractivity contribution >= 4 is 5.91 Å². The van der Waals surface area contributed by atoms with Gasteiger partial charge in [0.25, 0.3) is 0 Å². The summed E-state index contributed by atoms with van der Waals surface area (Å²) in [5.41, 5.74) is 0.247. The number of carbonyl (C=O) groups excluding carboxylic acids is 1. The number of nitrogens with one attached hydrogen (secondary N) is 2. The quantitative estimate of drug-likeness (QED) is 0.597. The average molecular weight is 324 g/mol. The van der Waals surface area contributed by atoms with Crippen molar-refractivity contribution in [2.24, 2.45) is 0 Å². The molecule has 1 amide bonds. The highest BCUT2D eigenvalue weighted by Gasteiger charge is 2.12. The van der Waals surface area contributed by atoms with Crippen molar-refractivity contribution in [3.63, 3.8) is 0 Å². The highest BCUT2D eigenvalue weighted by molar-refractivity contribution is 5.76. The molecule has 0 saturated heterocycles. The Morgan fingerprint density at radius 2 is 1.83 bits per heavy atom. The summed E-state index contributed by atoms with van der Waals surface area (Å²) >= 11 is 0. The van der Waals surface area contributed by atoms with Gasteiger partial charge in [0, 0.05) is 25.6 Å². The fourth-order valence-corrected chi connectivity index (χ4v) is 3.04. The number of hydrogen-bond acceptors (Lipinski definition) is 2. The third-order valence-electron chi connectivity index (χ3n) is 4.39. The highest BCUT2D eigenvalue weighted by atomic mass is 19.2. The van der Waals surface area contributed by atoms with Gasteiger partial charge in [0.05, 0.1) is 0 Å². The second-order valence-electron chi connectivity index (χ2n) is 6.21. The fourth-order valence-electron chi connectivity index (χ4n) is 3.04. The zero-order chi connectivity index (χ0) is 16.5. The summed E-state index contributed by atoms with van der Waals surface area (Å²) in [6.07, 6.45) is 8.03. The molecule has 0 bridgehead atoms. The van der Waals surface area contributed by atoms with Crippen LogP contribution in [0, 0.1) is 11.6 Å². The van der Waals surface area contributed by atoms with Crippen LogP contribution < -0.4 is 10.6 Å². The molecule has 1 aliphatic rings. The van der Waals surface area contributed by atoms with Crippen LogP contribution in [-0.4, -0.2) is 25.0 Å². The van der Waals surface area contributed by atoms with Gasteiger partial charge in [-0.3, -0.25) is 4.79 Å². The van der Waals surface area contributed by atoms with E-state index in [0.717, 1.165) is 12.6 Å². The number of benzene rings is 1. The van der Waals surface area contributed by atoms with Gasteiger partial charge in [0.15, 0.2) is 11.6 Å². The minimum atomic E-state index is -0.865. The predicted molar refractivity (Wildman–Crippen MR) is 87.2 cm³/mol. The number of halogens is 2. The molecular formula is C18H26F2N2O. The first kappa shape index (κ1) is 17.9. The summed E-state index contributed by atoms with van der Waals surface area (Å²) in [6.45, 7) is 1.33. The molecular weight excluding hydrogens is 298 g/mol. The molecule has 0 aliphatic heterocycles. The first-order valence-corrected chi connectivity index (χ1v) is 8.60. The van der Waals surface area contributed by atoms with Gasteiger partial charge in [-0.25, -0.2) is 8.78 Å². The van der Waals surface area contributed by atoms with Crippen LogP contribution in [-0.2, 0) is 11.2 Å². The largest absolute Gasteiger partial charge is 0.355 e. The van der Waals surface area contributed by atoms with E-state index >= 15 is 0 Å². The van der Waals surface area contributed by atoms with Crippen molar-refractivity contribution in [3.05, 3.63) is 35.4 Å². The first-order chi connectivity index (χ1) is 11.2. The van der Waals surface area contributed by atoms with Crippen LogP contribution in [0.2, 0.25) is 0 Å². The van der Waals surface area contributed by atoms with Gasteiger partial charge >= 0.3 is 0 Å². The van der Waals surface area contributed by atoms with Gasteiger partial charge < -0.3 is 10.6 Å². The topological polar surface area (TPSA) is 41.1 Å². The molecule has 0 atom stereocenters. The molecule has 0 spiro atoms. The van der Waals surface area contributed by atoms with E-state index in [1.807, 2.05) is 0 Å². The maximum absolute atomic E-state index is 13.5. The van der Waals surface area contributed by atoms with Crippen molar-refractivity contribution in [1.82, 2.24) is 10.6 Å². The maximum atomic E-state index is 13.5. The number of carbonyl (C=O) groups is 1. The Bertz CT molecular complexity index is 500. The molecule has 0 radical (unpaired) electrons. The Kier molecular flexibility index (Phi) is 7.46. The Hall–Kier alpha value is -1.49. The summed E-state index contributed by atoms with van der Waals surface area (Å²) in [7, 11) is 0. The van der Waals surface area contributed by atoms with E-state index in [-0.39, 0.29) is 24.3 Å². The minimum absolute atomic E-state index is 0.128. The molecule has 23 heavy (non-hydrogen) atoms. The maximum Gasteiger partial charge on any atom is 0.220 e. The summed E-state index contributed by atoms with van der Waals surface area (Å²) in [4.78, 5) is 11.8. The van der Waals surface area contributed by atoms with E-state index in [9.17, 15) is 13.6 Å². The van der Waals surface area contributed by atoms with Gasteiger partial charge in [-0.2, -0.15) is 0 Å². The van der Waals surface area contributed by atoms with Gasteiger partial charge in [-0.1, -0.05) is 37.8 Å². The van der Waals surface area contributed by atoms with Crippen LogP contribution >= 0.6 is 0 Å². The summed E-state index contributed by atoms with van der Waals surface area (Å²) in [5, 5.41) is 6.31. The van der Waals surface area contributed by atoms with Crippen LogP contribution in [0.25, 0.3) is 0 Å². The molecule has 1 aromatic carbocycles. The summed E-state index contributed by atoms with van der Waals surface area (Å²) in [5.74, 6) is -1.85. The Morgan fingerprint density at radius 1 is 1.09 bits per heavy atom. The standard InChI is InChI=1S/C18H26F2N2O/c19-16-9-5-6-14(18(16)20)10-11-17(23)22-13-12-21-15-7-3-1-2-4-8-15/h5-6,9,15,21H,1-4,7-8,10-13H2,(H,22,23). The molecule has 0 aromatic heterocycles. The molecule has 1 saturated carbocycles. The second kappa shape index (κ2) is 9.60. The molecule has 0 heterocycles. The van der Waals surface area contributed by atoms with E-state index in [0.29, 0.717) is 12.6 Å². The molecule has 5 heteroatoms. The second-order valence-corrected chi connectivity index (χ2v) is 6.21. The van der Waals surface area contributed by atoms with E-state index in [1.165, 1.54) is 50.7 Å². The van der Waals surface area contributed by atoms with Crippen molar-refractivity contribution in [2.45, 2.75) is 57.4 Å². The number of aryl methyl sites for hydroxylation is 1. The Balaban J connectivity index is 1.60. The van der Waals surface area contributed by atoms with Gasteiger partial charge in [0.2, 0.25) is 5.91 Å². The van der Waals surface area contributed by atoms with Crippen LogP contribution in [0.15, 0.2) is 18.2 Å². The van der Waals surface area contributed by atoms with Crippen LogP contribution in [0.3, 0.4) is 0 Å².